The molecule has 1 aromatic rings. The zero-order chi connectivity index (χ0) is 27.6. The third-order valence-corrected chi connectivity index (χ3v) is 11.3. The van der Waals surface area contributed by atoms with Crippen LogP contribution in [0.4, 0.5) is 0 Å². The molecule has 0 aromatic heterocycles. The van der Waals surface area contributed by atoms with Crippen LogP contribution in [0, 0.1) is 17.3 Å². The molecule has 0 radical (unpaired) electrons. The van der Waals surface area contributed by atoms with Gasteiger partial charge in [-0.3, -0.25) is 0 Å². The second-order valence-electron chi connectivity index (χ2n) is 13.7. The van der Waals surface area contributed by atoms with Crippen LogP contribution in [-0.2, 0) is 23.4 Å². The zero-order valence-corrected chi connectivity index (χ0v) is 25.5. The summed E-state index contributed by atoms with van der Waals surface area (Å²) in [6.45, 7) is 10.6. The number of allylic oxidation sites excluding steroid dienone is 2. The Balaban J connectivity index is 1.43. The minimum absolute atomic E-state index is 0.0168. The predicted molar refractivity (Wildman–Crippen MR) is 153 cm³/mol. The van der Waals surface area contributed by atoms with E-state index in [-0.39, 0.29) is 23.7 Å². The molecule has 6 rings (SSSR count). The first-order valence-corrected chi connectivity index (χ1v) is 18.2. The summed E-state index contributed by atoms with van der Waals surface area (Å²) in [4.78, 5) is 0. The third kappa shape index (κ3) is 4.72. The average molecular weight is 555 g/mol. The molecule has 3 unspecified atom stereocenters. The molecule has 214 valence electrons. The van der Waals surface area contributed by atoms with E-state index in [1.165, 1.54) is 16.7 Å². The van der Waals surface area contributed by atoms with Crippen molar-refractivity contribution in [2.75, 3.05) is 27.4 Å². The Morgan fingerprint density at radius 3 is 2.26 bits per heavy atom. The van der Waals surface area contributed by atoms with Gasteiger partial charge in [-0.05, 0) is 68.3 Å². The second-order valence-corrected chi connectivity index (χ2v) is 18.1. The lowest BCUT2D eigenvalue weighted by Crippen LogP contribution is -2.55. The first-order valence-electron chi connectivity index (χ1n) is 14.8. The van der Waals surface area contributed by atoms with Crippen LogP contribution in [0.15, 0.2) is 47.6 Å². The van der Waals surface area contributed by atoms with Gasteiger partial charge in [-0.25, -0.2) is 0 Å². The highest BCUT2D eigenvalue weighted by atomic mass is 28.4. The van der Waals surface area contributed by atoms with Crippen molar-refractivity contribution in [3.63, 3.8) is 0 Å². The topological polar surface area (TPSA) is 66.4 Å². The van der Waals surface area contributed by atoms with Crippen LogP contribution < -0.4 is 0 Å². The molecule has 6 atom stereocenters. The van der Waals surface area contributed by atoms with Crippen molar-refractivity contribution in [2.24, 2.45) is 17.3 Å². The summed E-state index contributed by atoms with van der Waals surface area (Å²) in [5.74, 6) is 0.312. The van der Waals surface area contributed by atoms with E-state index in [1.807, 2.05) is 0 Å². The van der Waals surface area contributed by atoms with Crippen LogP contribution in [0.3, 0.4) is 0 Å². The maximum absolute atomic E-state index is 12.2. The first kappa shape index (κ1) is 27.8. The van der Waals surface area contributed by atoms with Crippen molar-refractivity contribution in [1.29, 1.82) is 0 Å². The molecule has 1 heterocycles. The fraction of sp³-hybridized carbons (Fsp3) is 0.688. The van der Waals surface area contributed by atoms with E-state index in [9.17, 15) is 5.11 Å². The summed E-state index contributed by atoms with van der Waals surface area (Å²) in [5.41, 5.74) is 4.20. The summed E-state index contributed by atoms with van der Waals surface area (Å²) in [6.07, 6.45) is 9.41. The molecule has 39 heavy (non-hydrogen) atoms. The van der Waals surface area contributed by atoms with Gasteiger partial charge in [-0.1, -0.05) is 48.9 Å². The molecule has 4 aliphatic carbocycles. The number of fused-ring (bicyclic) bond motifs is 4. The molecule has 1 saturated heterocycles. The fourth-order valence-corrected chi connectivity index (χ4v) is 9.53. The molecule has 5 aliphatic rings. The molecular formula is C32H46O6Si. The maximum Gasteiger partial charge on any atom is 0.184 e. The molecule has 0 amide bonds. The van der Waals surface area contributed by atoms with E-state index in [2.05, 4.69) is 63.0 Å². The van der Waals surface area contributed by atoms with Gasteiger partial charge in [-0.15, -0.1) is 0 Å². The molecule has 1 N–H and O–H groups in total. The van der Waals surface area contributed by atoms with Gasteiger partial charge in [0.05, 0.1) is 24.9 Å². The van der Waals surface area contributed by atoms with Gasteiger partial charge in [0, 0.05) is 44.0 Å². The SMILES string of the molecule is COC1(OC)CCC2=C3C(CC[C@@]2(O)C1)C1C=CC(O[Si](C)(C)C)[C@@]1(C)C[C@@H]3c1ccc(C2OCCO2)cc1. The normalized spacial score (nSPS) is 38.0. The Bertz CT molecular complexity index is 1130. The molecule has 0 bridgehead atoms. The number of rotatable bonds is 6. The van der Waals surface area contributed by atoms with Crippen LogP contribution in [-0.4, -0.2) is 58.3 Å². The van der Waals surface area contributed by atoms with Gasteiger partial charge in [0.1, 0.15) is 0 Å². The number of aliphatic hydroxyl groups is 1. The van der Waals surface area contributed by atoms with Crippen molar-refractivity contribution in [3.05, 3.63) is 58.7 Å². The summed E-state index contributed by atoms with van der Waals surface area (Å²) < 4.78 is 30.0. The van der Waals surface area contributed by atoms with E-state index in [0.717, 1.165) is 37.7 Å². The van der Waals surface area contributed by atoms with E-state index in [4.69, 9.17) is 23.4 Å². The van der Waals surface area contributed by atoms with Gasteiger partial charge < -0.3 is 28.5 Å². The highest BCUT2D eigenvalue weighted by Gasteiger charge is 2.59. The van der Waals surface area contributed by atoms with Crippen molar-refractivity contribution in [1.82, 2.24) is 0 Å². The van der Waals surface area contributed by atoms with E-state index in [0.29, 0.717) is 31.5 Å². The molecule has 3 fully saturated rings. The van der Waals surface area contributed by atoms with Crippen LogP contribution in [0.5, 0.6) is 0 Å². The summed E-state index contributed by atoms with van der Waals surface area (Å²) >= 11 is 0. The highest BCUT2D eigenvalue weighted by Crippen LogP contribution is 2.64. The summed E-state index contributed by atoms with van der Waals surface area (Å²) in [6, 6.07) is 8.86. The van der Waals surface area contributed by atoms with Gasteiger partial charge >= 0.3 is 0 Å². The van der Waals surface area contributed by atoms with Gasteiger partial charge in [-0.2, -0.15) is 0 Å². The number of methoxy groups -OCH3 is 2. The quantitative estimate of drug-likeness (QED) is 0.255. The standard InChI is InChI=1S/C32H46O6Si/c1-30-19-24(21-7-9-22(10-8-21)29-36-17-18-37-29)28-23(25(30)11-12-27(30)38-39(4,5)6)13-15-31(33)20-32(34-2,35-3)16-14-26(28)31/h7-12,23-25,27,29,33H,13-20H2,1-6H3/t23?,24-,25?,27?,30+,31-/m1/s1. The van der Waals surface area contributed by atoms with Crippen molar-refractivity contribution < 1.29 is 28.5 Å². The second kappa shape index (κ2) is 9.90. The van der Waals surface area contributed by atoms with E-state index < -0.39 is 19.7 Å². The van der Waals surface area contributed by atoms with Gasteiger partial charge in [0.2, 0.25) is 0 Å². The average Bonchev–Trinajstić information content (AvgIpc) is 3.55. The van der Waals surface area contributed by atoms with Crippen LogP contribution in [0.25, 0.3) is 0 Å². The van der Waals surface area contributed by atoms with Crippen LogP contribution in [0.1, 0.15) is 68.8 Å². The molecule has 7 heteroatoms. The summed E-state index contributed by atoms with van der Waals surface area (Å²) in [5, 5.41) is 12.2. The van der Waals surface area contributed by atoms with E-state index >= 15 is 0 Å². The minimum atomic E-state index is -1.74. The largest absolute Gasteiger partial charge is 0.411 e. The Kier molecular flexibility index (Phi) is 7.06. The lowest BCUT2D eigenvalue weighted by Gasteiger charge is -2.56. The molecule has 1 aromatic carbocycles. The monoisotopic (exact) mass is 554 g/mol. The van der Waals surface area contributed by atoms with Gasteiger partial charge in [0.15, 0.2) is 20.4 Å². The molecular weight excluding hydrogens is 508 g/mol. The van der Waals surface area contributed by atoms with Crippen LogP contribution >= 0.6 is 0 Å². The Morgan fingerprint density at radius 2 is 1.62 bits per heavy atom. The number of hydrogen-bond acceptors (Lipinski definition) is 6. The predicted octanol–water partition coefficient (Wildman–Crippen LogP) is 6.24. The lowest BCUT2D eigenvalue weighted by molar-refractivity contribution is -0.246. The fourth-order valence-electron chi connectivity index (χ4n) is 8.42. The molecule has 0 spiro atoms. The molecule has 6 nitrogen and oxygen atoms in total. The lowest BCUT2D eigenvalue weighted by atomic mass is 9.51. The number of benzene rings is 1. The number of ether oxygens (including phenoxy) is 4. The Morgan fingerprint density at radius 1 is 0.949 bits per heavy atom. The Hall–Kier alpha value is -1.32. The smallest absolute Gasteiger partial charge is 0.184 e. The molecule has 2 saturated carbocycles. The summed E-state index contributed by atoms with van der Waals surface area (Å²) in [7, 11) is 1.67. The van der Waals surface area contributed by atoms with Crippen LogP contribution in [0.2, 0.25) is 19.6 Å². The van der Waals surface area contributed by atoms with Gasteiger partial charge in [0.25, 0.3) is 0 Å². The first-order chi connectivity index (χ1) is 18.5. The maximum atomic E-state index is 12.2. The molecule has 1 aliphatic heterocycles. The van der Waals surface area contributed by atoms with Crippen molar-refractivity contribution in [2.45, 2.75) is 94.8 Å². The minimum Gasteiger partial charge on any atom is -0.411 e. The zero-order valence-electron chi connectivity index (χ0n) is 24.5. The van der Waals surface area contributed by atoms with Crippen molar-refractivity contribution >= 4 is 8.32 Å². The highest BCUT2D eigenvalue weighted by molar-refractivity contribution is 6.69. The Labute approximate surface area is 234 Å². The third-order valence-electron chi connectivity index (χ3n) is 10.3. The van der Waals surface area contributed by atoms with Crippen molar-refractivity contribution in [3.8, 4) is 0 Å². The number of hydrogen-bond donors (Lipinski definition) is 1. The van der Waals surface area contributed by atoms with E-state index in [1.54, 1.807) is 14.2 Å².